The Bertz CT molecular complexity index is 967. The van der Waals surface area contributed by atoms with Crippen LogP contribution in [-0.2, 0) is 10.9 Å². The van der Waals surface area contributed by atoms with Gasteiger partial charge in [0.15, 0.2) is 5.69 Å². The van der Waals surface area contributed by atoms with E-state index in [-0.39, 0.29) is 23.7 Å². The molecule has 0 unspecified atom stereocenters. The lowest BCUT2D eigenvalue weighted by atomic mass is 10.1. The molecule has 0 saturated carbocycles. The number of carbonyl (C=O) groups excluding carboxylic acids is 1. The van der Waals surface area contributed by atoms with Crippen molar-refractivity contribution in [1.29, 1.82) is 0 Å². The monoisotopic (exact) mass is 365 g/mol. The summed E-state index contributed by atoms with van der Waals surface area (Å²) in [7, 11) is 1.33. The highest BCUT2D eigenvalue weighted by Gasteiger charge is 2.32. The molecule has 0 aliphatic carbocycles. The van der Waals surface area contributed by atoms with E-state index >= 15 is 0 Å². The Labute approximate surface area is 146 Å². The first-order chi connectivity index (χ1) is 12.3. The highest BCUT2D eigenvalue weighted by Crippen LogP contribution is 2.35. The van der Waals surface area contributed by atoms with Crippen molar-refractivity contribution in [1.82, 2.24) is 14.4 Å². The lowest BCUT2D eigenvalue weighted by Crippen LogP contribution is -2.06. The van der Waals surface area contributed by atoms with Gasteiger partial charge in [-0.3, -0.25) is 0 Å². The van der Waals surface area contributed by atoms with Crippen LogP contribution >= 0.6 is 0 Å². The third-order valence-corrected chi connectivity index (χ3v) is 3.62. The summed E-state index contributed by atoms with van der Waals surface area (Å²) in [6.07, 6.45) is -0.809. The SMILES string of the molecule is CCOC(=O)c1cn2cc(-c3cc(C(F)(F)F)cnc3OC)ccc2n1. The molecule has 0 aliphatic heterocycles. The number of hydrogen-bond acceptors (Lipinski definition) is 5. The molecule has 0 aliphatic rings. The van der Waals surface area contributed by atoms with Crippen LogP contribution in [0.15, 0.2) is 36.8 Å². The maximum absolute atomic E-state index is 13.0. The van der Waals surface area contributed by atoms with Gasteiger partial charge < -0.3 is 13.9 Å². The molecule has 0 radical (unpaired) electrons. The minimum atomic E-state index is -4.52. The molecular formula is C17H14F3N3O3. The Balaban J connectivity index is 2.09. The molecule has 0 fully saturated rings. The first-order valence-corrected chi connectivity index (χ1v) is 7.61. The highest BCUT2D eigenvalue weighted by molar-refractivity contribution is 5.88. The third kappa shape index (κ3) is 3.32. The van der Waals surface area contributed by atoms with Crippen molar-refractivity contribution < 1.29 is 27.4 Å². The van der Waals surface area contributed by atoms with Crippen LogP contribution in [0.3, 0.4) is 0 Å². The standard InChI is InChI=1S/C17H14F3N3O3/c1-3-26-16(24)13-9-23-8-10(4-5-14(23)22-13)12-6-11(17(18,19)20)7-21-15(12)25-2/h4-9H,3H2,1-2H3. The zero-order chi connectivity index (χ0) is 18.9. The zero-order valence-electron chi connectivity index (χ0n) is 13.9. The number of hydrogen-bond donors (Lipinski definition) is 0. The van der Waals surface area contributed by atoms with Crippen LogP contribution < -0.4 is 4.74 Å². The Hall–Kier alpha value is -3.10. The van der Waals surface area contributed by atoms with Crippen LogP contribution in [-0.4, -0.2) is 34.1 Å². The summed E-state index contributed by atoms with van der Waals surface area (Å²) in [4.78, 5) is 19.6. The second-order valence-corrected chi connectivity index (χ2v) is 5.31. The number of esters is 1. The molecule has 9 heteroatoms. The number of alkyl halides is 3. The van der Waals surface area contributed by atoms with E-state index < -0.39 is 17.7 Å². The zero-order valence-corrected chi connectivity index (χ0v) is 13.9. The van der Waals surface area contributed by atoms with Gasteiger partial charge in [-0.05, 0) is 25.1 Å². The lowest BCUT2D eigenvalue weighted by Gasteiger charge is -2.12. The number of carbonyl (C=O) groups is 1. The average molecular weight is 365 g/mol. The van der Waals surface area contributed by atoms with Crippen molar-refractivity contribution in [3.05, 3.63) is 48.0 Å². The molecular weight excluding hydrogens is 351 g/mol. The molecule has 136 valence electrons. The number of pyridine rings is 2. The molecule has 3 aromatic rings. The van der Waals surface area contributed by atoms with E-state index in [0.29, 0.717) is 11.2 Å². The van der Waals surface area contributed by atoms with Gasteiger partial charge in [0.1, 0.15) is 5.65 Å². The third-order valence-electron chi connectivity index (χ3n) is 3.62. The molecule has 0 atom stereocenters. The van der Waals surface area contributed by atoms with Gasteiger partial charge in [-0.2, -0.15) is 13.2 Å². The van der Waals surface area contributed by atoms with Crippen LogP contribution in [0.2, 0.25) is 0 Å². The van der Waals surface area contributed by atoms with Gasteiger partial charge in [-0.1, -0.05) is 0 Å². The quantitative estimate of drug-likeness (QED) is 0.661. The topological polar surface area (TPSA) is 65.7 Å². The van der Waals surface area contributed by atoms with Gasteiger partial charge in [0.05, 0.1) is 19.3 Å². The molecule has 0 spiro atoms. The van der Waals surface area contributed by atoms with E-state index in [1.165, 1.54) is 17.7 Å². The number of methoxy groups -OCH3 is 1. The molecule has 0 amide bonds. The van der Waals surface area contributed by atoms with Gasteiger partial charge in [0, 0.05) is 29.7 Å². The molecule has 3 aromatic heterocycles. The van der Waals surface area contributed by atoms with Crippen molar-refractivity contribution >= 4 is 11.6 Å². The van der Waals surface area contributed by atoms with Crippen LogP contribution in [0, 0.1) is 0 Å². The summed E-state index contributed by atoms with van der Waals surface area (Å²) in [6.45, 7) is 1.89. The molecule has 0 N–H and O–H groups in total. The Morgan fingerprint density at radius 1 is 1.27 bits per heavy atom. The fraction of sp³-hybridized carbons (Fsp3) is 0.235. The molecule has 6 nitrogen and oxygen atoms in total. The summed E-state index contributed by atoms with van der Waals surface area (Å²) < 4.78 is 50.5. The second kappa shape index (κ2) is 6.66. The Morgan fingerprint density at radius 3 is 2.69 bits per heavy atom. The first kappa shape index (κ1) is 17.7. The number of ether oxygens (including phenoxy) is 2. The maximum Gasteiger partial charge on any atom is 0.417 e. The maximum atomic E-state index is 13.0. The van der Waals surface area contributed by atoms with E-state index in [4.69, 9.17) is 9.47 Å². The second-order valence-electron chi connectivity index (χ2n) is 5.31. The van der Waals surface area contributed by atoms with Gasteiger partial charge in [-0.25, -0.2) is 14.8 Å². The molecule has 26 heavy (non-hydrogen) atoms. The average Bonchev–Trinajstić information content (AvgIpc) is 3.04. The van der Waals surface area contributed by atoms with Crippen LogP contribution in [0.5, 0.6) is 5.88 Å². The summed E-state index contributed by atoms with van der Waals surface area (Å²) in [6, 6.07) is 4.13. The van der Waals surface area contributed by atoms with Crippen molar-refractivity contribution in [2.45, 2.75) is 13.1 Å². The van der Waals surface area contributed by atoms with E-state index in [1.54, 1.807) is 25.3 Å². The summed E-state index contributed by atoms with van der Waals surface area (Å²) in [5.74, 6) is -0.515. The highest BCUT2D eigenvalue weighted by atomic mass is 19.4. The van der Waals surface area contributed by atoms with E-state index in [9.17, 15) is 18.0 Å². The van der Waals surface area contributed by atoms with E-state index in [0.717, 1.165) is 12.3 Å². The lowest BCUT2D eigenvalue weighted by molar-refractivity contribution is -0.137. The number of nitrogens with zero attached hydrogens (tertiary/aromatic N) is 3. The van der Waals surface area contributed by atoms with E-state index in [1.807, 2.05) is 0 Å². The van der Waals surface area contributed by atoms with Gasteiger partial charge >= 0.3 is 12.1 Å². The molecule has 3 heterocycles. The normalized spacial score (nSPS) is 11.6. The number of rotatable bonds is 4. The van der Waals surface area contributed by atoms with Gasteiger partial charge in [-0.15, -0.1) is 0 Å². The van der Waals surface area contributed by atoms with Crippen LogP contribution in [0.4, 0.5) is 13.2 Å². The Kier molecular flexibility index (Phi) is 4.54. The smallest absolute Gasteiger partial charge is 0.417 e. The summed E-state index contributed by atoms with van der Waals surface area (Å²) in [5.41, 5.74) is 0.288. The number of fused-ring (bicyclic) bond motifs is 1. The first-order valence-electron chi connectivity index (χ1n) is 7.61. The number of imidazole rings is 1. The van der Waals surface area contributed by atoms with Crippen molar-refractivity contribution in [3.63, 3.8) is 0 Å². The number of halogens is 3. The minimum absolute atomic E-state index is 0.0584. The summed E-state index contributed by atoms with van der Waals surface area (Å²) in [5, 5.41) is 0. The minimum Gasteiger partial charge on any atom is -0.481 e. The fourth-order valence-electron chi connectivity index (χ4n) is 2.43. The number of aromatic nitrogens is 3. The van der Waals surface area contributed by atoms with Crippen molar-refractivity contribution in [2.24, 2.45) is 0 Å². The summed E-state index contributed by atoms with van der Waals surface area (Å²) >= 11 is 0. The molecule has 0 aromatic carbocycles. The largest absolute Gasteiger partial charge is 0.481 e. The van der Waals surface area contributed by atoms with Gasteiger partial charge in [0.2, 0.25) is 5.88 Å². The van der Waals surface area contributed by atoms with E-state index in [2.05, 4.69) is 9.97 Å². The Morgan fingerprint density at radius 2 is 2.04 bits per heavy atom. The van der Waals surface area contributed by atoms with Crippen LogP contribution in [0.1, 0.15) is 23.0 Å². The molecule has 0 saturated heterocycles. The molecule has 3 rings (SSSR count). The predicted octanol–water partition coefficient (Wildman–Crippen LogP) is 3.60. The van der Waals surface area contributed by atoms with Gasteiger partial charge in [0.25, 0.3) is 0 Å². The predicted molar refractivity (Wildman–Crippen MR) is 85.9 cm³/mol. The molecule has 0 bridgehead atoms. The van der Waals surface area contributed by atoms with Crippen molar-refractivity contribution in [3.8, 4) is 17.0 Å². The van der Waals surface area contributed by atoms with Crippen molar-refractivity contribution in [2.75, 3.05) is 13.7 Å². The fourth-order valence-corrected chi connectivity index (χ4v) is 2.43. The van der Waals surface area contributed by atoms with Crippen LogP contribution in [0.25, 0.3) is 16.8 Å².